The summed E-state index contributed by atoms with van der Waals surface area (Å²) in [7, 11) is 1.69. The molecule has 146 valence electrons. The Hall–Kier alpha value is -2.66. The third-order valence-corrected chi connectivity index (χ3v) is 4.78. The molecule has 2 heterocycles. The Balaban J connectivity index is 1.69. The number of hydrogen-bond donors (Lipinski definition) is 1. The molecule has 1 amide bonds. The first-order valence-electron chi connectivity index (χ1n) is 7.71. The minimum absolute atomic E-state index is 0.0738. The van der Waals surface area contributed by atoms with Gasteiger partial charge >= 0.3 is 6.18 Å². The van der Waals surface area contributed by atoms with E-state index in [0.717, 1.165) is 23.9 Å². The summed E-state index contributed by atoms with van der Waals surface area (Å²) in [5, 5.41) is 10.6. The second-order valence-electron chi connectivity index (χ2n) is 5.48. The number of carbonyl (C=O) groups excluding carboxylic acids is 1. The Morgan fingerprint density at radius 2 is 2.07 bits per heavy atom. The van der Waals surface area contributed by atoms with E-state index in [2.05, 4.69) is 25.5 Å². The van der Waals surface area contributed by atoms with E-state index in [-0.39, 0.29) is 16.5 Å². The molecule has 3 aromatic rings. The largest absolute Gasteiger partial charge is 0.418 e. The zero-order chi connectivity index (χ0) is 20.3. The van der Waals surface area contributed by atoms with E-state index in [1.165, 1.54) is 24.7 Å². The van der Waals surface area contributed by atoms with Gasteiger partial charge in [-0.15, -0.1) is 10.2 Å². The van der Waals surface area contributed by atoms with Crippen LogP contribution in [-0.2, 0) is 18.0 Å². The van der Waals surface area contributed by atoms with E-state index in [9.17, 15) is 18.0 Å². The Kier molecular flexibility index (Phi) is 5.84. The van der Waals surface area contributed by atoms with Crippen molar-refractivity contribution in [2.24, 2.45) is 7.05 Å². The first kappa shape index (κ1) is 20.1. The lowest BCUT2D eigenvalue weighted by atomic mass is 10.1. The second kappa shape index (κ2) is 8.15. The summed E-state index contributed by atoms with van der Waals surface area (Å²) < 4.78 is 40.9. The number of aromatic nitrogens is 5. The van der Waals surface area contributed by atoms with E-state index in [4.69, 9.17) is 11.6 Å². The lowest BCUT2D eigenvalue weighted by molar-refractivity contribution is -0.137. The highest BCUT2D eigenvalue weighted by molar-refractivity contribution is 7.99. The van der Waals surface area contributed by atoms with E-state index in [1.807, 2.05) is 0 Å². The van der Waals surface area contributed by atoms with E-state index < -0.39 is 17.6 Å². The zero-order valence-corrected chi connectivity index (χ0v) is 15.8. The first-order chi connectivity index (χ1) is 13.3. The molecule has 0 saturated carbocycles. The minimum atomic E-state index is -4.64. The van der Waals surface area contributed by atoms with Gasteiger partial charge in [0.25, 0.3) is 0 Å². The van der Waals surface area contributed by atoms with Crippen LogP contribution in [0, 0.1) is 0 Å². The summed E-state index contributed by atoms with van der Waals surface area (Å²) in [6.45, 7) is 0. The van der Waals surface area contributed by atoms with Gasteiger partial charge in [0.15, 0.2) is 11.0 Å². The number of amides is 1. The number of benzene rings is 1. The number of alkyl halides is 3. The van der Waals surface area contributed by atoms with Crippen LogP contribution in [-0.4, -0.2) is 36.4 Å². The number of thioether (sulfide) groups is 1. The Morgan fingerprint density at radius 3 is 2.75 bits per heavy atom. The van der Waals surface area contributed by atoms with Gasteiger partial charge < -0.3 is 9.88 Å². The van der Waals surface area contributed by atoms with E-state index in [0.29, 0.717) is 16.7 Å². The van der Waals surface area contributed by atoms with Gasteiger partial charge in [-0.05, 0) is 18.2 Å². The first-order valence-corrected chi connectivity index (χ1v) is 9.07. The Labute approximate surface area is 166 Å². The van der Waals surface area contributed by atoms with Gasteiger partial charge in [0, 0.05) is 24.5 Å². The van der Waals surface area contributed by atoms with Crippen molar-refractivity contribution in [3.63, 3.8) is 0 Å². The van der Waals surface area contributed by atoms with E-state index >= 15 is 0 Å². The average molecular weight is 429 g/mol. The number of halogens is 4. The number of rotatable bonds is 5. The molecule has 0 spiro atoms. The number of nitrogens with zero attached hydrogens (tertiary/aromatic N) is 5. The number of nitrogens with one attached hydrogen (secondary N) is 1. The highest BCUT2D eigenvalue weighted by atomic mass is 35.5. The quantitative estimate of drug-likeness (QED) is 0.624. The maximum atomic E-state index is 13.1. The number of carbonyl (C=O) groups is 1. The molecular weight excluding hydrogens is 417 g/mol. The summed E-state index contributed by atoms with van der Waals surface area (Å²) in [5.41, 5.74) is -0.868. The molecule has 2 aromatic heterocycles. The van der Waals surface area contributed by atoms with Crippen molar-refractivity contribution in [3.8, 4) is 11.5 Å². The molecule has 0 unspecified atom stereocenters. The predicted octanol–water partition coefficient (Wildman–Crippen LogP) is 3.68. The lowest BCUT2D eigenvalue weighted by Crippen LogP contribution is -2.18. The van der Waals surface area contributed by atoms with Crippen molar-refractivity contribution in [1.82, 2.24) is 24.7 Å². The van der Waals surface area contributed by atoms with Gasteiger partial charge in [-0.2, -0.15) is 13.2 Å². The molecule has 0 atom stereocenters. The molecule has 7 nitrogen and oxygen atoms in total. The highest BCUT2D eigenvalue weighted by Crippen LogP contribution is 2.36. The number of hydrogen-bond acceptors (Lipinski definition) is 6. The zero-order valence-electron chi connectivity index (χ0n) is 14.2. The van der Waals surface area contributed by atoms with Crippen LogP contribution in [0.25, 0.3) is 11.5 Å². The molecule has 0 saturated heterocycles. The predicted molar refractivity (Wildman–Crippen MR) is 97.8 cm³/mol. The summed E-state index contributed by atoms with van der Waals surface area (Å²) >= 11 is 6.65. The van der Waals surface area contributed by atoms with Gasteiger partial charge in [0.1, 0.15) is 5.69 Å². The van der Waals surface area contributed by atoms with Crippen LogP contribution in [0.5, 0.6) is 0 Å². The Bertz CT molecular complexity index is 996. The van der Waals surface area contributed by atoms with Crippen molar-refractivity contribution >= 4 is 35.0 Å². The van der Waals surface area contributed by atoms with Crippen LogP contribution in [0.3, 0.4) is 0 Å². The Morgan fingerprint density at radius 1 is 1.29 bits per heavy atom. The second-order valence-corrected chi connectivity index (χ2v) is 6.86. The summed E-state index contributed by atoms with van der Waals surface area (Å²) in [5.74, 6) is -0.332. The van der Waals surface area contributed by atoms with Crippen molar-refractivity contribution in [3.05, 3.63) is 47.4 Å². The average Bonchev–Trinajstić information content (AvgIpc) is 3.02. The van der Waals surface area contributed by atoms with Crippen LogP contribution in [0.1, 0.15) is 5.56 Å². The molecule has 28 heavy (non-hydrogen) atoms. The number of anilines is 1. The SMILES string of the molecule is Cn1c(SCC(=O)Nc2ccc(Cl)cc2C(F)(F)F)nnc1-c1cnccn1. The molecule has 1 aromatic carbocycles. The summed E-state index contributed by atoms with van der Waals surface area (Å²) in [4.78, 5) is 20.2. The highest BCUT2D eigenvalue weighted by Gasteiger charge is 2.34. The molecule has 0 aliphatic rings. The molecule has 0 aliphatic heterocycles. The van der Waals surface area contributed by atoms with Crippen molar-refractivity contribution in [1.29, 1.82) is 0 Å². The van der Waals surface area contributed by atoms with E-state index in [1.54, 1.807) is 11.6 Å². The topological polar surface area (TPSA) is 85.6 Å². The van der Waals surface area contributed by atoms with Gasteiger partial charge in [-0.3, -0.25) is 9.78 Å². The smallest absolute Gasteiger partial charge is 0.325 e. The maximum Gasteiger partial charge on any atom is 0.418 e. The van der Waals surface area contributed by atoms with Crippen LogP contribution < -0.4 is 5.32 Å². The van der Waals surface area contributed by atoms with Crippen LogP contribution in [0.2, 0.25) is 5.02 Å². The minimum Gasteiger partial charge on any atom is -0.325 e. The lowest BCUT2D eigenvalue weighted by Gasteiger charge is -2.14. The summed E-state index contributed by atoms with van der Waals surface area (Å²) in [6.07, 6.45) is -0.0965. The van der Waals surface area contributed by atoms with Crippen molar-refractivity contribution < 1.29 is 18.0 Å². The van der Waals surface area contributed by atoms with Crippen LogP contribution in [0.4, 0.5) is 18.9 Å². The molecule has 1 N–H and O–H groups in total. The van der Waals surface area contributed by atoms with Crippen LogP contribution in [0.15, 0.2) is 41.9 Å². The van der Waals surface area contributed by atoms with Crippen molar-refractivity contribution in [2.75, 3.05) is 11.1 Å². The molecular formula is C16H12ClF3N6OS. The third-order valence-electron chi connectivity index (χ3n) is 3.52. The fourth-order valence-corrected chi connectivity index (χ4v) is 3.14. The maximum absolute atomic E-state index is 13.1. The van der Waals surface area contributed by atoms with Crippen molar-refractivity contribution in [2.45, 2.75) is 11.3 Å². The standard InChI is InChI=1S/C16H12ClF3N6OS/c1-26-14(12-7-21-4-5-22-12)24-25-15(26)28-8-13(27)23-11-3-2-9(17)6-10(11)16(18,19)20/h2-7H,8H2,1H3,(H,23,27). The van der Waals surface area contributed by atoms with Gasteiger partial charge in [-0.25, -0.2) is 4.98 Å². The van der Waals surface area contributed by atoms with Gasteiger partial charge in [0.2, 0.25) is 5.91 Å². The van der Waals surface area contributed by atoms with Crippen LogP contribution >= 0.6 is 23.4 Å². The molecule has 0 radical (unpaired) electrons. The fraction of sp³-hybridized carbons (Fsp3) is 0.188. The molecule has 0 aliphatic carbocycles. The molecule has 12 heteroatoms. The molecule has 0 bridgehead atoms. The normalized spacial score (nSPS) is 11.5. The molecule has 3 rings (SSSR count). The fourth-order valence-electron chi connectivity index (χ4n) is 2.25. The molecule has 0 fully saturated rings. The van der Waals surface area contributed by atoms with Gasteiger partial charge in [-0.1, -0.05) is 23.4 Å². The third kappa shape index (κ3) is 4.60. The van der Waals surface area contributed by atoms with Gasteiger partial charge in [0.05, 0.1) is 23.2 Å². The monoisotopic (exact) mass is 428 g/mol. The summed E-state index contributed by atoms with van der Waals surface area (Å²) in [6, 6.07) is 3.15.